The molecule has 2 rings (SSSR count). The van der Waals surface area contributed by atoms with Gasteiger partial charge in [-0.15, -0.1) is 12.4 Å². The Labute approximate surface area is 172 Å². The van der Waals surface area contributed by atoms with Crippen molar-refractivity contribution in [2.45, 2.75) is 77.7 Å². The Hall–Kier alpha value is -1.10. The predicted octanol–water partition coefficient (Wildman–Crippen LogP) is 4.85. The molecule has 27 heavy (non-hydrogen) atoms. The molecule has 0 aliphatic heterocycles. The van der Waals surface area contributed by atoms with E-state index in [0.717, 1.165) is 31.4 Å². The molecule has 0 bridgehead atoms. The summed E-state index contributed by atoms with van der Waals surface area (Å²) in [7, 11) is 1.78. The summed E-state index contributed by atoms with van der Waals surface area (Å²) in [5, 5.41) is 10.9. The van der Waals surface area contributed by atoms with Crippen molar-refractivity contribution in [3.05, 3.63) is 34.9 Å². The van der Waals surface area contributed by atoms with Gasteiger partial charge in [-0.25, -0.2) is 0 Å². The fourth-order valence-corrected chi connectivity index (χ4v) is 3.29. The third kappa shape index (κ3) is 10.7. The zero-order valence-electron chi connectivity index (χ0n) is 17.5. The lowest BCUT2D eigenvalue weighted by atomic mass is 9.88. The zero-order chi connectivity index (χ0) is 19.2. The van der Waals surface area contributed by atoms with E-state index in [4.69, 9.17) is 15.9 Å². The van der Waals surface area contributed by atoms with Gasteiger partial charge in [0.15, 0.2) is 0 Å². The second-order valence-electron chi connectivity index (χ2n) is 7.21. The molecule has 1 aliphatic rings. The minimum atomic E-state index is 0. The molecule has 1 aliphatic carbocycles. The monoisotopic (exact) mass is 397 g/mol. The Morgan fingerprint density at radius 3 is 2.56 bits per heavy atom. The molecule has 0 aromatic heterocycles. The first-order valence-corrected chi connectivity index (χ1v) is 10.3. The standard InChI is InChI=1S/C11H14N2.C11H25NO.ClH/c12-11(13)10-7-3-5-8-4-1-2-6-9(8)10;1-4-5-6-9-12-10-7-8-11(2)13-3;/h3,5,7H,1-2,4,6H2,(H3,12,13);11-12H,4-10H2,1-3H3;1H. The van der Waals surface area contributed by atoms with Crippen LogP contribution in [0.4, 0.5) is 0 Å². The number of aryl methyl sites for hydroxylation is 1. The number of rotatable bonds is 10. The minimum absolute atomic E-state index is 0. The van der Waals surface area contributed by atoms with Crippen LogP contribution in [0.1, 0.15) is 75.5 Å². The van der Waals surface area contributed by atoms with Crippen molar-refractivity contribution < 1.29 is 4.74 Å². The van der Waals surface area contributed by atoms with Gasteiger partial charge in [0.05, 0.1) is 6.10 Å². The van der Waals surface area contributed by atoms with E-state index in [2.05, 4.69) is 25.2 Å². The molecule has 0 saturated carbocycles. The number of nitrogen functional groups attached to an aromatic ring is 1. The van der Waals surface area contributed by atoms with Gasteiger partial charge >= 0.3 is 0 Å². The molecule has 0 saturated heterocycles. The molecule has 1 unspecified atom stereocenters. The van der Waals surface area contributed by atoms with Crippen LogP contribution in [0.2, 0.25) is 0 Å². The van der Waals surface area contributed by atoms with Crippen molar-refractivity contribution >= 4 is 18.2 Å². The normalized spacial score (nSPS) is 13.6. The molecule has 0 spiro atoms. The van der Waals surface area contributed by atoms with E-state index < -0.39 is 0 Å². The van der Waals surface area contributed by atoms with Crippen LogP contribution in [0.15, 0.2) is 18.2 Å². The van der Waals surface area contributed by atoms with Gasteiger partial charge < -0.3 is 15.8 Å². The second kappa shape index (κ2) is 15.9. The van der Waals surface area contributed by atoms with E-state index in [1.54, 1.807) is 7.11 Å². The topological polar surface area (TPSA) is 71.1 Å². The van der Waals surface area contributed by atoms with E-state index >= 15 is 0 Å². The van der Waals surface area contributed by atoms with Crippen molar-refractivity contribution in [2.24, 2.45) is 5.73 Å². The van der Waals surface area contributed by atoms with Gasteiger partial charge in [0, 0.05) is 12.7 Å². The maximum Gasteiger partial charge on any atom is 0.123 e. The molecule has 0 fully saturated rings. The summed E-state index contributed by atoms with van der Waals surface area (Å²) in [6.45, 7) is 6.67. The summed E-state index contributed by atoms with van der Waals surface area (Å²) in [6.07, 6.45) is 11.5. The Bertz CT molecular complexity index is 522. The van der Waals surface area contributed by atoms with E-state index in [9.17, 15) is 0 Å². The van der Waals surface area contributed by atoms with E-state index in [0.29, 0.717) is 6.10 Å². The summed E-state index contributed by atoms with van der Waals surface area (Å²) in [4.78, 5) is 0. The number of nitrogens with two attached hydrogens (primary N) is 1. The Balaban J connectivity index is 0.000000483. The maximum absolute atomic E-state index is 7.45. The number of hydrogen-bond acceptors (Lipinski definition) is 3. The molecular formula is C22H40ClN3O. The van der Waals surface area contributed by atoms with E-state index in [1.807, 2.05) is 12.1 Å². The van der Waals surface area contributed by atoms with Gasteiger partial charge in [0.1, 0.15) is 5.84 Å². The quantitative estimate of drug-likeness (QED) is 0.300. The number of amidine groups is 1. The number of fused-ring (bicyclic) bond motifs is 1. The van der Waals surface area contributed by atoms with Crippen LogP contribution in [0.25, 0.3) is 0 Å². The largest absolute Gasteiger partial charge is 0.384 e. The highest BCUT2D eigenvalue weighted by atomic mass is 35.5. The second-order valence-corrected chi connectivity index (χ2v) is 7.21. The first-order chi connectivity index (χ1) is 12.6. The lowest BCUT2D eigenvalue weighted by Crippen LogP contribution is -2.18. The Morgan fingerprint density at radius 2 is 1.89 bits per heavy atom. The summed E-state index contributed by atoms with van der Waals surface area (Å²) >= 11 is 0. The predicted molar refractivity (Wildman–Crippen MR) is 119 cm³/mol. The highest BCUT2D eigenvalue weighted by Crippen LogP contribution is 2.23. The molecule has 0 amide bonds. The van der Waals surface area contributed by atoms with Gasteiger partial charge in [-0.1, -0.05) is 38.0 Å². The molecule has 5 heteroatoms. The van der Waals surface area contributed by atoms with Crippen molar-refractivity contribution in [1.82, 2.24) is 5.32 Å². The molecule has 0 heterocycles. The van der Waals surface area contributed by atoms with Crippen LogP contribution >= 0.6 is 12.4 Å². The highest BCUT2D eigenvalue weighted by Gasteiger charge is 2.13. The Kier molecular flexibility index (Phi) is 15.3. The highest BCUT2D eigenvalue weighted by molar-refractivity contribution is 5.96. The number of ether oxygens (including phenoxy) is 1. The van der Waals surface area contributed by atoms with Crippen LogP contribution in [0.3, 0.4) is 0 Å². The zero-order valence-corrected chi connectivity index (χ0v) is 18.3. The number of methoxy groups -OCH3 is 1. The van der Waals surface area contributed by atoms with Crippen LogP contribution in [-0.2, 0) is 17.6 Å². The molecule has 1 aromatic carbocycles. The van der Waals surface area contributed by atoms with E-state index in [1.165, 1.54) is 56.2 Å². The molecule has 0 radical (unpaired) electrons. The number of halogens is 1. The average molecular weight is 398 g/mol. The molecule has 4 N–H and O–H groups in total. The van der Waals surface area contributed by atoms with Crippen molar-refractivity contribution in [1.29, 1.82) is 5.41 Å². The van der Waals surface area contributed by atoms with Gasteiger partial charge in [-0.3, -0.25) is 5.41 Å². The van der Waals surface area contributed by atoms with Crippen LogP contribution in [-0.4, -0.2) is 32.1 Å². The van der Waals surface area contributed by atoms with Crippen molar-refractivity contribution in [3.8, 4) is 0 Å². The Morgan fingerprint density at radius 1 is 1.19 bits per heavy atom. The molecule has 4 nitrogen and oxygen atoms in total. The number of nitrogens with one attached hydrogen (secondary N) is 2. The van der Waals surface area contributed by atoms with Crippen LogP contribution < -0.4 is 11.1 Å². The third-order valence-electron chi connectivity index (χ3n) is 5.01. The molecule has 1 aromatic rings. The van der Waals surface area contributed by atoms with Gasteiger partial charge in [-0.05, 0) is 76.1 Å². The smallest absolute Gasteiger partial charge is 0.123 e. The lowest BCUT2D eigenvalue weighted by molar-refractivity contribution is 0.109. The number of hydrogen-bond donors (Lipinski definition) is 3. The van der Waals surface area contributed by atoms with Crippen molar-refractivity contribution in [3.63, 3.8) is 0 Å². The fraction of sp³-hybridized carbons (Fsp3) is 0.682. The summed E-state index contributed by atoms with van der Waals surface area (Å²) < 4.78 is 5.17. The third-order valence-corrected chi connectivity index (χ3v) is 5.01. The summed E-state index contributed by atoms with van der Waals surface area (Å²) in [5.41, 5.74) is 9.16. The SMILES string of the molecule is CCCCCNCCCC(C)OC.Cl.N=C(N)c1cccc2c1CCCC2. The van der Waals surface area contributed by atoms with E-state index in [-0.39, 0.29) is 18.2 Å². The molecule has 156 valence electrons. The van der Waals surface area contributed by atoms with Crippen LogP contribution in [0, 0.1) is 5.41 Å². The van der Waals surface area contributed by atoms with Crippen LogP contribution in [0.5, 0.6) is 0 Å². The first kappa shape index (κ1) is 25.9. The van der Waals surface area contributed by atoms with Gasteiger partial charge in [-0.2, -0.15) is 0 Å². The maximum atomic E-state index is 7.45. The lowest BCUT2D eigenvalue weighted by Gasteiger charge is -2.18. The first-order valence-electron chi connectivity index (χ1n) is 10.3. The summed E-state index contributed by atoms with van der Waals surface area (Å²) in [6, 6.07) is 6.11. The summed E-state index contributed by atoms with van der Waals surface area (Å²) in [5.74, 6) is 0.207. The minimum Gasteiger partial charge on any atom is -0.384 e. The van der Waals surface area contributed by atoms with Gasteiger partial charge in [0.25, 0.3) is 0 Å². The average Bonchev–Trinajstić information content (AvgIpc) is 2.67. The van der Waals surface area contributed by atoms with Crippen molar-refractivity contribution in [2.75, 3.05) is 20.2 Å². The fourth-order valence-electron chi connectivity index (χ4n) is 3.29. The van der Waals surface area contributed by atoms with Gasteiger partial charge in [0.2, 0.25) is 0 Å². The number of unbranched alkanes of at least 4 members (excludes halogenated alkanes) is 2. The number of benzene rings is 1. The molecular weight excluding hydrogens is 358 g/mol. The molecule has 1 atom stereocenters.